The van der Waals surface area contributed by atoms with Crippen molar-refractivity contribution in [1.82, 2.24) is 4.98 Å². The molecule has 2 N–H and O–H groups in total. The molecule has 0 aliphatic rings. The highest BCUT2D eigenvalue weighted by Crippen LogP contribution is 2.23. The van der Waals surface area contributed by atoms with E-state index in [0.29, 0.717) is 12.8 Å². The van der Waals surface area contributed by atoms with Gasteiger partial charge in [-0.05, 0) is 42.8 Å². The second-order valence-corrected chi connectivity index (χ2v) is 6.01. The van der Waals surface area contributed by atoms with Crippen molar-refractivity contribution in [3.05, 3.63) is 72.6 Å². The minimum atomic E-state index is -0.768. The Morgan fingerprint density at radius 3 is 2.54 bits per heavy atom. The van der Waals surface area contributed by atoms with Crippen LogP contribution < -0.4 is 5.43 Å². The molecule has 0 fully saturated rings. The van der Waals surface area contributed by atoms with Gasteiger partial charge in [-0.15, -0.1) is 0 Å². The van der Waals surface area contributed by atoms with Gasteiger partial charge in [0.15, 0.2) is 0 Å². The van der Waals surface area contributed by atoms with E-state index >= 15 is 0 Å². The van der Waals surface area contributed by atoms with Crippen LogP contribution in [0.4, 0.5) is 5.69 Å². The molecule has 0 saturated heterocycles. The van der Waals surface area contributed by atoms with E-state index in [9.17, 15) is 4.79 Å². The predicted molar refractivity (Wildman–Crippen MR) is 104 cm³/mol. The Morgan fingerprint density at radius 1 is 0.962 bits per heavy atom. The highest BCUT2D eigenvalue weighted by molar-refractivity contribution is 6.00. The Morgan fingerprint density at radius 2 is 1.73 bits per heavy atom. The molecule has 2 aromatic carbocycles. The monoisotopic (exact) mass is 347 g/mol. The summed E-state index contributed by atoms with van der Waals surface area (Å²) in [5.74, 6) is -0.768. The average molecular weight is 347 g/mol. The third-order valence-corrected chi connectivity index (χ3v) is 4.12. The maximum atomic E-state index is 10.7. The molecule has 132 valence electrons. The lowest BCUT2D eigenvalue weighted by atomic mass is 10.1. The van der Waals surface area contributed by atoms with Gasteiger partial charge in [-0.25, -0.2) is 0 Å². The summed E-state index contributed by atoms with van der Waals surface area (Å²) >= 11 is 0. The summed E-state index contributed by atoms with van der Waals surface area (Å²) in [4.78, 5) is 15.1. The smallest absolute Gasteiger partial charge is 0.303 e. The van der Waals surface area contributed by atoms with Crippen LogP contribution in [0.25, 0.3) is 10.8 Å². The molecular formula is C21H21N3O2. The van der Waals surface area contributed by atoms with E-state index < -0.39 is 5.97 Å². The third kappa shape index (κ3) is 4.66. The molecule has 0 aliphatic heterocycles. The molecule has 0 atom stereocenters. The molecule has 0 radical (unpaired) electrons. The standard InChI is InChI=1S/C21H21N3O2/c25-21(26)14-4-3-12-20(19-11-5-6-15-22-19)24-23-18-13-7-9-16-8-1-2-10-17(16)18/h1-2,5-11,13,15,23H,3-4,12,14H2,(H,25,26)/b24-20-. The molecule has 1 aromatic heterocycles. The second kappa shape index (κ2) is 8.76. The molecule has 5 heteroatoms. The fourth-order valence-electron chi connectivity index (χ4n) is 2.79. The van der Waals surface area contributed by atoms with E-state index in [2.05, 4.69) is 33.7 Å². The third-order valence-electron chi connectivity index (χ3n) is 4.12. The van der Waals surface area contributed by atoms with E-state index in [-0.39, 0.29) is 6.42 Å². The van der Waals surface area contributed by atoms with E-state index in [0.717, 1.165) is 34.3 Å². The van der Waals surface area contributed by atoms with Crippen molar-refractivity contribution < 1.29 is 9.90 Å². The molecule has 0 unspecified atom stereocenters. The lowest BCUT2D eigenvalue weighted by molar-refractivity contribution is -0.137. The van der Waals surface area contributed by atoms with E-state index in [4.69, 9.17) is 5.11 Å². The highest BCUT2D eigenvalue weighted by Gasteiger charge is 2.07. The average Bonchev–Trinajstić information content (AvgIpc) is 2.68. The Bertz CT molecular complexity index is 902. The summed E-state index contributed by atoms with van der Waals surface area (Å²) in [5.41, 5.74) is 5.72. The largest absolute Gasteiger partial charge is 0.481 e. The lowest BCUT2D eigenvalue weighted by Crippen LogP contribution is -2.07. The van der Waals surface area contributed by atoms with Crippen LogP contribution in [0.15, 0.2) is 72.0 Å². The van der Waals surface area contributed by atoms with Crippen molar-refractivity contribution in [3.8, 4) is 0 Å². The van der Waals surface area contributed by atoms with Crippen molar-refractivity contribution >= 4 is 28.1 Å². The van der Waals surface area contributed by atoms with Gasteiger partial charge in [-0.3, -0.25) is 15.2 Å². The van der Waals surface area contributed by atoms with Crippen LogP contribution in [0.2, 0.25) is 0 Å². The number of benzene rings is 2. The van der Waals surface area contributed by atoms with Crippen molar-refractivity contribution in [2.75, 3.05) is 5.43 Å². The van der Waals surface area contributed by atoms with Crippen molar-refractivity contribution in [2.24, 2.45) is 5.10 Å². The number of aliphatic carboxylic acids is 1. The van der Waals surface area contributed by atoms with Gasteiger partial charge in [0, 0.05) is 18.0 Å². The van der Waals surface area contributed by atoms with Crippen molar-refractivity contribution in [2.45, 2.75) is 25.7 Å². The first kappa shape index (κ1) is 17.6. The maximum Gasteiger partial charge on any atom is 0.303 e. The topological polar surface area (TPSA) is 74.6 Å². The van der Waals surface area contributed by atoms with Gasteiger partial charge in [-0.2, -0.15) is 5.10 Å². The lowest BCUT2D eigenvalue weighted by Gasteiger charge is -2.09. The van der Waals surface area contributed by atoms with Crippen LogP contribution >= 0.6 is 0 Å². The molecule has 3 rings (SSSR count). The molecular weight excluding hydrogens is 326 g/mol. The number of carboxylic acids is 1. The summed E-state index contributed by atoms with van der Waals surface area (Å²) in [6.45, 7) is 0. The number of hydrogen-bond acceptors (Lipinski definition) is 4. The van der Waals surface area contributed by atoms with Crippen LogP contribution in [-0.4, -0.2) is 21.8 Å². The first-order valence-corrected chi connectivity index (χ1v) is 8.67. The molecule has 0 aliphatic carbocycles. The molecule has 3 aromatic rings. The Labute approximate surface area is 152 Å². The highest BCUT2D eigenvalue weighted by atomic mass is 16.4. The van der Waals surface area contributed by atoms with E-state index in [1.807, 2.05) is 42.5 Å². The molecule has 1 heterocycles. The zero-order valence-electron chi connectivity index (χ0n) is 14.4. The maximum absolute atomic E-state index is 10.7. The van der Waals surface area contributed by atoms with Crippen molar-refractivity contribution in [1.29, 1.82) is 0 Å². The Hall–Kier alpha value is -3.21. The molecule has 0 spiro atoms. The molecule has 0 amide bonds. The number of pyridine rings is 1. The van der Waals surface area contributed by atoms with Gasteiger partial charge in [0.05, 0.1) is 17.1 Å². The summed E-state index contributed by atoms with van der Waals surface area (Å²) in [6.07, 6.45) is 3.95. The number of hydrogen-bond donors (Lipinski definition) is 2. The van der Waals surface area contributed by atoms with Gasteiger partial charge in [0.25, 0.3) is 0 Å². The summed E-state index contributed by atoms with van der Waals surface area (Å²) in [7, 11) is 0. The number of unbranched alkanes of at least 4 members (excludes halogenated alkanes) is 1. The summed E-state index contributed by atoms with van der Waals surface area (Å²) in [6, 6.07) is 19.9. The van der Waals surface area contributed by atoms with Crippen molar-refractivity contribution in [3.63, 3.8) is 0 Å². The number of anilines is 1. The second-order valence-electron chi connectivity index (χ2n) is 6.01. The number of rotatable bonds is 8. The Balaban J connectivity index is 1.80. The number of nitrogens with zero attached hydrogens (tertiary/aromatic N) is 2. The number of nitrogens with one attached hydrogen (secondary N) is 1. The minimum absolute atomic E-state index is 0.173. The van der Waals surface area contributed by atoms with Crippen LogP contribution in [-0.2, 0) is 4.79 Å². The normalized spacial score (nSPS) is 11.5. The SMILES string of the molecule is O=C(O)CCCC/C(=N/Nc1cccc2ccccc12)c1ccccn1. The first-order valence-electron chi connectivity index (χ1n) is 8.67. The molecule has 26 heavy (non-hydrogen) atoms. The molecule has 0 bridgehead atoms. The van der Waals surface area contributed by atoms with E-state index in [1.165, 1.54) is 0 Å². The minimum Gasteiger partial charge on any atom is -0.481 e. The zero-order valence-corrected chi connectivity index (χ0v) is 14.4. The Kier molecular flexibility index (Phi) is 5.93. The van der Waals surface area contributed by atoms with Gasteiger partial charge in [0.1, 0.15) is 0 Å². The zero-order chi connectivity index (χ0) is 18.2. The fourth-order valence-corrected chi connectivity index (χ4v) is 2.79. The number of carbonyl (C=O) groups is 1. The van der Waals surface area contributed by atoms with Gasteiger partial charge < -0.3 is 5.11 Å². The number of aromatic nitrogens is 1. The van der Waals surface area contributed by atoms with E-state index in [1.54, 1.807) is 6.20 Å². The molecule has 5 nitrogen and oxygen atoms in total. The summed E-state index contributed by atoms with van der Waals surface area (Å²) < 4.78 is 0. The van der Waals surface area contributed by atoms with Crippen LogP contribution in [0.3, 0.4) is 0 Å². The van der Waals surface area contributed by atoms with Crippen LogP contribution in [0.1, 0.15) is 31.4 Å². The number of hydrazone groups is 1. The van der Waals surface area contributed by atoms with Gasteiger partial charge in [0.2, 0.25) is 0 Å². The van der Waals surface area contributed by atoms with Gasteiger partial charge in [-0.1, -0.05) is 42.5 Å². The van der Waals surface area contributed by atoms with Gasteiger partial charge >= 0.3 is 5.97 Å². The molecule has 0 saturated carbocycles. The first-order chi connectivity index (χ1) is 12.7. The fraction of sp³-hybridized carbons (Fsp3) is 0.190. The van der Waals surface area contributed by atoms with Crippen LogP contribution in [0.5, 0.6) is 0 Å². The number of fused-ring (bicyclic) bond motifs is 1. The number of carboxylic acid groups (broad SMARTS) is 1. The predicted octanol–water partition coefficient (Wildman–Crippen LogP) is 4.70. The van der Waals surface area contributed by atoms with Crippen LogP contribution in [0, 0.1) is 0 Å². The quantitative estimate of drug-likeness (QED) is 0.352. The summed E-state index contributed by atoms with van der Waals surface area (Å²) in [5, 5.41) is 15.6.